The molecule has 0 bridgehead atoms. The molecule has 0 spiro atoms. The van der Waals surface area contributed by atoms with Gasteiger partial charge in [-0.2, -0.15) is 0 Å². The molecule has 1 aromatic rings. The third-order valence-corrected chi connectivity index (χ3v) is 3.55. The lowest BCUT2D eigenvalue weighted by Crippen LogP contribution is -2.23. The lowest BCUT2D eigenvalue weighted by Gasteiger charge is -2.06. The predicted octanol–water partition coefficient (Wildman–Crippen LogP) is 0.713. The Morgan fingerprint density at radius 3 is 2.93 bits per heavy atom. The average molecular weight is 229 g/mol. The number of sulfonamides is 1. The molecule has 1 N–H and O–H groups in total. The highest BCUT2D eigenvalue weighted by Gasteiger charge is 2.25. The molecule has 0 aromatic heterocycles. The Kier molecular flexibility index (Phi) is 2.54. The zero-order chi connectivity index (χ0) is 10.9. The topological polar surface area (TPSA) is 64.6 Å². The Morgan fingerprint density at radius 2 is 2.20 bits per heavy atom. The van der Waals surface area contributed by atoms with E-state index in [4.69, 9.17) is 9.47 Å². The van der Waals surface area contributed by atoms with Gasteiger partial charge in [0.05, 0.1) is 0 Å². The van der Waals surface area contributed by atoms with Crippen molar-refractivity contribution < 1.29 is 17.9 Å². The number of rotatable bonds is 3. The van der Waals surface area contributed by atoms with Gasteiger partial charge in [0, 0.05) is 6.54 Å². The zero-order valence-corrected chi connectivity index (χ0v) is 9.00. The standard InChI is InChI=1S/C9H11NO4S/c1-2-10-15(11,12)8-5-3-4-7-9(8)14-6-13-7/h3-5,10H,2,6H2,1H3. The minimum absolute atomic E-state index is 0.0635. The molecular weight excluding hydrogens is 218 g/mol. The van der Waals surface area contributed by atoms with E-state index >= 15 is 0 Å². The molecule has 0 atom stereocenters. The van der Waals surface area contributed by atoms with Crippen molar-refractivity contribution in [2.24, 2.45) is 0 Å². The van der Waals surface area contributed by atoms with Crippen LogP contribution in [0.25, 0.3) is 0 Å². The Balaban J connectivity index is 2.50. The molecule has 0 saturated carbocycles. The molecule has 0 saturated heterocycles. The van der Waals surface area contributed by atoms with Gasteiger partial charge in [-0.25, -0.2) is 13.1 Å². The van der Waals surface area contributed by atoms with E-state index in [1.807, 2.05) is 0 Å². The third-order valence-electron chi connectivity index (χ3n) is 1.98. The molecule has 0 fully saturated rings. The molecule has 6 heteroatoms. The monoisotopic (exact) mass is 229 g/mol. The highest BCUT2D eigenvalue weighted by atomic mass is 32.2. The molecule has 1 aromatic carbocycles. The van der Waals surface area contributed by atoms with E-state index in [1.165, 1.54) is 6.07 Å². The smallest absolute Gasteiger partial charge is 0.244 e. The second-order valence-corrected chi connectivity index (χ2v) is 4.73. The van der Waals surface area contributed by atoms with Crippen molar-refractivity contribution in [3.8, 4) is 11.5 Å². The van der Waals surface area contributed by atoms with Gasteiger partial charge in [0.1, 0.15) is 4.90 Å². The Bertz CT molecular complexity index is 469. The molecule has 15 heavy (non-hydrogen) atoms. The van der Waals surface area contributed by atoms with Crippen LogP contribution >= 0.6 is 0 Å². The van der Waals surface area contributed by atoms with Crippen LogP contribution in [-0.4, -0.2) is 21.8 Å². The number of ether oxygens (including phenoxy) is 2. The van der Waals surface area contributed by atoms with Gasteiger partial charge in [0.2, 0.25) is 16.8 Å². The molecule has 1 aliphatic rings. The summed E-state index contributed by atoms with van der Waals surface area (Å²) in [5.41, 5.74) is 0. The summed E-state index contributed by atoms with van der Waals surface area (Å²) < 4.78 is 36.1. The minimum Gasteiger partial charge on any atom is -0.454 e. The van der Waals surface area contributed by atoms with Crippen molar-refractivity contribution in [1.82, 2.24) is 4.72 Å². The van der Waals surface area contributed by atoms with Crippen LogP contribution in [-0.2, 0) is 10.0 Å². The summed E-state index contributed by atoms with van der Waals surface area (Å²) in [5.74, 6) is 0.757. The largest absolute Gasteiger partial charge is 0.454 e. The van der Waals surface area contributed by atoms with Crippen LogP contribution < -0.4 is 14.2 Å². The first-order valence-corrected chi connectivity index (χ1v) is 6.02. The van der Waals surface area contributed by atoms with E-state index in [0.29, 0.717) is 18.0 Å². The summed E-state index contributed by atoms with van der Waals surface area (Å²) in [7, 11) is -3.49. The Morgan fingerprint density at radius 1 is 1.40 bits per heavy atom. The van der Waals surface area contributed by atoms with Gasteiger partial charge in [-0.3, -0.25) is 0 Å². The summed E-state index contributed by atoms with van der Waals surface area (Å²) in [6.07, 6.45) is 0. The maximum Gasteiger partial charge on any atom is 0.244 e. The van der Waals surface area contributed by atoms with Crippen LogP contribution in [0.3, 0.4) is 0 Å². The van der Waals surface area contributed by atoms with Gasteiger partial charge in [0.25, 0.3) is 0 Å². The molecule has 0 amide bonds. The van der Waals surface area contributed by atoms with Crippen LogP contribution in [0.1, 0.15) is 6.92 Å². The maximum atomic E-state index is 11.7. The quantitative estimate of drug-likeness (QED) is 0.829. The first-order valence-electron chi connectivity index (χ1n) is 4.53. The van der Waals surface area contributed by atoms with E-state index in [0.717, 1.165) is 0 Å². The van der Waals surface area contributed by atoms with Crippen molar-refractivity contribution in [3.63, 3.8) is 0 Å². The van der Waals surface area contributed by atoms with E-state index < -0.39 is 10.0 Å². The summed E-state index contributed by atoms with van der Waals surface area (Å²) in [5, 5.41) is 0. The first kappa shape index (κ1) is 10.3. The summed E-state index contributed by atoms with van der Waals surface area (Å²) in [6.45, 7) is 2.12. The molecule has 82 valence electrons. The van der Waals surface area contributed by atoms with Crippen LogP contribution in [0.2, 0.25) is 0 Å². The molecule has 0 radical (unpaired) electrons. The summed E-state index contributed by atoms with van der Waals surface area (Å²) in [6, 6.07) is 4.79. The lowest BCUT2D eigenvalue weighted by molar-refractivity contribution is 0.172. The second kappa shape index (κ2) is 3.71. The fourth-order valence-corrected chi connectivity index (χ4v) is 2.58. The Hall–Kier alpha value is -1.27. The van der Waals surface area contributed by atoms with Crippen molar-refractivity contribution in [3.05, 3.63) is 18.2 Å². The number of para-hydroxylation sites is 1. The normalized spacial score (nSPS) is 14.2. The maximum absolute atomic E-state index is 11.7. The highest BCUT2D eigenvalue weighted by molar-refractivity contribution is 7.89. The number of nitrogens with one attached hydrogen (secondary N) is 1. The molecule has 1 aliphatic heterocycles. The van der Waals surface area contributed by atoms with Crippen molar-refractivity contribution in [2.75, 3.05) is 13.3 Å². The van der Waals surface area contributed by atoms with Gasteiger partial charge in [-0.1, -0.05) is 13.0 Å². The number of benzene rings is 1. The fraction of sp³-hybridized carbons (Fsp3) is 0.333. The van der Waals surface area contributed by atoms with Gasteiger partial charge >= 0.3 is 0 Å². The van der Waals surface area contributed by atoms with Crippen molar-refractivity contribution >= 4 is 10.0 Å². The molecule has 5 nitrogen and oxygen atoms in total. The third kappa shape index (κ3) is 1.78. The molecular formula is C9H11NO4S. The predicted molar refractivity (Wildman–Crippen MR) is 53.4 cm³/mol. The van der Waals surface area contributed by atoms with E-state index in [2.05, 4.69) is 4.72 Å². The highest BCUT2D eigenvalue weighted by Crippen LogP contribution is 2.37. The van der Waals surface area contributed by atoms with E-state index in [1.54, 1.807) is 19.1 Å². The molecule has 0 aliphatic carbocycles. The molecule has 2 rings (SSSR count). The van der Waals surface area contributed by atoms with Crippen LogP contribution in [0.5, 0.6) is 11.5 Å². The molecule has 0 unspecified atom stereocenters. The zero-order valence-electron chi connectivity index (χ0n) is 8.19. The average Bonchev–Trinajstić information content (AvgIpc) is 2.64. The SMILES string of the molecule is CCNS(=O)(=O)c1cccc2c1OCO2. The first-order chi connectivity index (χ1) is 7.15. The van der Waals surface area contributed by atoms with Crippen molar-refractivity contribution in [2.45, 2.75) is 11.8 Å². The van der Waals surface area contributed by atoms with E-state index in [9.17, 15) is 8.42 Å². The van der Waals surface area contributed by atoms with Crippen LogP contribution in [0.15, 0.2) is 23.1 Å². The Labute approximate surface area is 88.1 Å². The number of hydrogen-bond acceptors (Lipinski definition) is 4. The van der Waals surface area contributed by atoms with Gasteiger partial charge in [-0.05, 0) is 12.1 Å². The van der Waals surface area contributed by atoms with E-state index in [-0.39, 0.29) is 11.7 Å². The summed E-state index contributed by atoms with van der Waals surface area (Å²) >= 11 is 0. The van der Waals surface area contributed by atoms with Gasteiger partial charge < -0.3 is 9.47 Å². The van der Waals surface area contributed by atoms with Crippen molar-refractivity contribution in [1.29, 1.82) is 0 Å². The van der Waals surface area contributed by atoms with Gasteiger partial charge in [0.15, 0.2) is 11.5 Å². The second-order valence-electron chi connectivity index (χ2n) is 2.99. The summed E-state index contributed by atoms with van der Waals surface area (Å²) in [4.78, 5) is 0.124. The minimum atomic E-state index is -3.49. The number of hydrogen-bond donors (Lipinski definition) is 1. The van der Waals surface area contributed by atoms with Crippen LogP contribution in [0.4, 0.5) is 0 Å². The number of fused-ring (bicyclic) bond motifs is 1. The fourth-order valence-electron chi connectivity index (χ4n) is 1.38. The lowest BCUT2D eigenvalue weighted by atomic mass is 10.3. The molecule has 1 heterocycles. The van der Waals surface area contributed by atoms with Gasteiger partial charge in [-0.15, -0.1) is 0 Å². The van der Waals surface area contributed by atoms with Crippen LogP contribution in [0, 0.1) is 0 Å².